The van der Waals surface area contributed by atoms with E-state index in [1.54, 1.807) is 37.4 Å². The van der Waals surface area contributed by atoms with Crippen molar-refractivity contribution in [2.45, 2.75) is 13.5 Å². The topological polar surface area (TPSA) is 67.4 Å². The van der Waals surface area contributed by atoms with Crippen LogP contribution in [0.3, 0.4) is 0 Å². The Morgan fingerprint density at radius 1 is 0.967 bits per heavy atom. The highest BCUT2D eigenvalue weighted by Crippen LogP contribution is 2.39. The fraction of sp³-hybridized carbons (Fsp3) is 0.125. The summed E-state index contributed by atoms with van der Waals surface area (Å²) in [7, 11) is 1.63. The molecule has 4 aromatic rings. The van der Waals surface area contributed by atoms with E-state index in [1.165, 1.54) is 12.1 Å². The van der Waals surface area contributed by atoms with Crippen LogP contribution < -0.4 is 9.47 Å². The summed E-state index contributed by atoms with van der Waals surface area (Å²) in [6.45, 7) is 2.21. The number of hydrogen-bond acceptors (Lipinski definition) is 4. The standard InChI is InChI=1S/C24H21FN2O3/c1-15-23(17-5-9-19(29-2)10-6-17)24(27-26-15)21-12-11-20(13-22(21)28)30-14-16-3-7-18(25)8-4-16/h3-13,28H,14H2,1-2H3,(H,26,27). The lowest BCUT2D eigenvalue weighted by atomic mass is 9.98. The summed E-state index contributed by atoms with van der Waals surface area (Å²) >= 11 is 0. The molecular formula is C24H21FN2O3. The maximum absolute atomic E-state index is 13.0. The van der Waals surface area contributed by atoms with Crippen LogP contribution in [0.2, 0.25) is 0 Å². The van der Waals surface area contributed by atoms with Gasteiger partial charge in [-0.1, -0.05) is 24.3 Å². The molecule has 5 nitrogen and oxygen atoms in total. The monoisotopic (exact) mass is 404 g/mol. The number of halogens is 1. The third kappa shape index (κ3) is 3.98. The third-order valence-electron chi connectivity index (χ3n) is 4.87. The molecule has 0 spiro atoms. The van der Waals surface area contributed by atoms with Gasteiger partial charge in [0.1, 0.15) is 35.4 Å². The number of nitrogens with one attached hydrogen (secondary N) is 1. The summed E-state index contributed by atoms with van der Waals surface area (Å²) in [4.78, 5) is 0. The average Bonchev–Trinajstić information content (AvgIpc) is 3.14. The molecule has 152 valence electrons. The Morgan fingerprint density at radius 2 is 1.67 bits per heavy atom. The van der Waals surface area contributed by atoms with E-state index in [0.717, 1.165) is 28.1 Å². The van der Waals surface area contributed by atoms with Gasteiger partial charge in [-0.2, -0.15) is 5.10 Å². The van der Waals surface area contributed by atoms with Crippen LogP contribution in [0.5, 0.6) is 17.2 Å². The molecule has 0 atom stereocenters. The molecule has 0 aliphatic carbocycles. The normalized spacial score (nSPS) is 10.8. The highest BCUT2D eigenvalue weighted by Gasteiger charge is 2.17. The lowest BCUT2D eigenvalue weighted by Gasteiger charge is -2.10. The zero-order valence-electron chi connectivity index (χ0n) is 16.6. The van der Waals surface area contributed by atoms with Crippen LogP contribution >= 0.6 is 0 Å². The Morgan fingerprint density at radius 3 is 2.33 bits per heavy atom. The van der Waals surface area contributed by atoms with Crippen LogP contribution in [-0.4, -0.2) is 22.4 Å². The molecule has 1 aromatic heterocycles. The molecule has 6 heteroatoms. The minimum absolute atomic E-state index is 0.0628. The molecule has 0 unspecified atom stereocenters. The zero-order chi connectivity index (χ0) is 21.1. The molecule has 0 fully saturated rings. The number of phenolic OH excluding ortho intramolecular Hbond substituents is 1. The first-order valence-corrected chi connectivity index (χ1v) is 9.45. The van der Waals surface area contributed by atoms with Crippen molar-refractivity contribution >= 4 is 0 Å². The lowest BCUT2D eigenvalue weighted by Crippen LogP contribution is -1.95. The van der Waals surface area contributed by atoms with Gasteiger partial charge in [0.15, 0.2) is 0 Å². The molecule has 0 saturated carbocycles. The van der Waals surface area contributed by atoms with E-state index in [1.807, 2.05) is 31.2 Å². The van der Waals surface area contributed by atoms with Gasteiger partial charge in [-0.05, 0) is 54.4 Å². The second kappa shape index (κ2) is 8.29. The molecule has 0 radical (unpaired) electrons. The SMILES string of the molecule is COc1ccc(-c2c(-c3ccc(OCc4ccc(F)cc4)cc3O)n[nH]c2C)cc1. The molecule has 1 heterocycles. The second-order valence-corrected chi connectivity index (χ2v) is 6.89. The molecule has 4 rings (SSSR count). The molecule has 2 N–H and O–H groups in total. The Bertz CT molecular complexity index is 1150. The number of rotatable bonds is 6. The maximum atomic E-state index is 13.0. The maximum Gasteiger partial charge on any atom is 0.128 e. The Kier molecular flexibility index (Phi) is 5.39. The van der Waals surface area contributed by atoms with Gasteiger partial charge < -0.3 is 14.6 Å². The van der Waals surface area contributed by atoms with Gasteiger partial charge in [-0.25, -0.2) is 4.39 Å². The first-order chi connectivity index (χ1) is 14.5. The number of H-pyrrole nitrogens is 1. The first kappa shape index (κ1) is 19.5. The van der Waals surface area contributed by atoms with Crippen LogP contribution in [-0.2, 0) is 6.61 Å². The van der Waals surface area contributed by atoms with E-state index in [4.69, 9.17) is 9.47 Å². The van der Waals surface area contributed by atoms with Crippen molar-refractivity contribution in [2.24, 2.45) is 0 Å². The van der Waals surface area contributed by atoms with Gasteiger partial charge in [-0.15, -0.1) is 0 Å². The van der Waals surface area contributed by atoms with Gasteiger partial charge in [0.2, 0.25) is 0 Å². The van der Waals surface area contributed by atoms with E-state index in [2.05, 4.69) is 10.2 Å². The Hall–Kier alpha value is -3.80. The summed E-state index contributed by atoms with van der Waals surface area (Å²) in [6, 6.07) is 18.9. The minimum Gasteiger partial charge on any atom is -0.507 e. The van der Waals surface area contributed by atoms with Crippen LogP contribution in [0.1, 0.15) is 11.3 Å². The molecule has 0 aliphatic rings. The van der Waals surface area contributed by atoms with Crippen molar-refractivity contribution in [3.05, 3.63) is 83.8 Å². The summed E-state index contributed by atoms with van der Waals surface area (Å²) in [6.07, 6.45) is 0. The zero-order valence-corrected chi connectivity index (χ0v) is 16.6. The lowest BCUT2D eigenvalue weighted by molar-refractivity contribution is 0.304. The predicted octanol–water partition coefficient (Wildman–Crippen LogP) is 5.48. The van der Waals surface area contributed by atoms with E-state index < -0.39 is 0 Å². The number of aryl methyl sites for hydroxylation is 1. The van der Waals surface area contributed by atoms with Gasteiger partial charge in [0, 0.05) is 22.9 Å². The van der Waals surface area contributed by atoms with Crippen LogP contribution in [0.25, 0.3) is 22.4 Å². The van der Waals surface area contributed by atoms with Gasteiger partial charge >= 0.3 is 0 Å². The number of aromatic nitrogens is 2. The highest BCUT2D eigenvalue weighted by atomic mass is 19.1. The van der Waals surface area contributed by atoms with E-state index in [9.17, 15) is 9.50 Å². The van der Waals surface area contributed by atoms with Crippen molar-refractivity contribution < 1.29 is 19.0 Å². The minimum atomic E-state index is -0.289. The molecule has 0 bridgehead atoms. The van der Waals surface area contributed by atoms with Crippen LogP contribution in [0, 0.1) is 12.7 Å². The molecule has 0 aliphatic heterocycles. The number of aromatic amines is 1. The predicted molar refractivity (Wildman–Crippen MR) is 113 cm³/mol. The van der Waals surface area contributed by atoms with Crippen molar-refractivity contribution in [1.82, 2.24) is 10.2 Å². The van der Waals surface area contributed by atoms with Gasteiger partial charge in [-0.3, -0.25) is 5.10 Å². The number of hydrogen-bond donors (Lipinski definition) is 2. The van der Waals surface area contributed by atoms with Crippen molar-refractivity contribution in [3.63, 3.8) is 0 Å². The first-order valence-electron chi connectivity index (χ1n) is 9.45. The molecule has 3 aromatic carbocycles. The fourth-order valence-corrected chi connectivity index (χ4v) is 3.28. The number of benzene rings is 3. The quantitative estimate of drug-likeness (QED) is 0.446. The Balaban J connectivity index is 1.59. The smallest absolute Gasteiger partial charge is 0.128 e. The average molecular weight is 404 g/mol. The largest absolute Gasteiger partial charge is 0.507 e. The van der Waals surface area contributed by atoms with Crippen molar-refractivity contribution in [2.75, 3.05) is 7.11 Å². The van der Waals surface area contributed by atoms with Crippen LogP contribution in [0.4, 0.5) is 4.39 Å². The number of nitrogens with zero attached hydrogens (tertiary/aromatic N) is 1. The Labute approximate surface area is 173 Å². The summed E-state index contributed by atoms with van der Waals surface area (Å²) in [5, 5.41) is 18.0. The molecule has 30 heavy (non-hydrogen) atoms. The third-order valence-corrected chi connectivity index (χ3v) is 4.87. The summed E-state index contributed by atoms with van der Waals surface area (Å²) in [5.74, 6) is 1.06. The second-order valence-electron chi connectivity index (χ2n) is 6.89. The van der Waals surface area contributed by atoms with E-state index in [-0.39, 0.29) is 18.2 Å². The number of aromatic hydroxyl groups is 1. The molecular weight excluding hydrogens is 383 g/mol. The molecule has 0 saturated heterocycles. The van der Waals surface area contributed by atoms with E-state index >= 15 is 0 Å². The number of ether oxygens (including phenoxy) is 2. The summed E-state index contributed by atoms with van der Waals surface area (Å²) in [5.41, 5.74) is 4.86. The van der Waals surface area contributed by atoms with E-state index in [0.29, 0.717) is 17.0 Å². The number of methoxy groups -OCH3 is 1. The van der Waals surface area contributed by atoms with Crippen molar-refractivity contribution in [1.29, 1.82) is 0 Å². The highest BCUT2D eigenvalue weighted by molar-refractivity contribution is 5.85. The fourth-order valence-electron chi connectivity index (χ4n) is 3.28. The molecule has 0 amide bonds. The van der Waals surface area contributed by atoms with Gasteiger partial charge in [0.25, 0.3) is 0 Å². The summed E-state index contributed by atoms with van der Waals surface area (Å²) < 4.78 is 24.0. The van der Waals surface area contributed by atoms with Crippen molar-refractivity contribution in [3.8, 4) is 39.6 Å². The number of phenols is 1. The van der Waals surface area contributed by atoms with Crippen LogP contribution in [0.15, 0.2) is 66.7 Å². The van der Waals surface area contributed by atoms with Gasteiger partial charge in [0.05, 0.1) is 7.11 Å².